The lowest BCUT2D eigenvalue weighted by Crippen LogP contribution is -2.33. The monoisotopic (exact) mass is 189 g/mol. The Kier molecular flexibility index (Phi) is 7.18. The summed E-state index contributed by atoms with van der Waals surface area (Å²) in [6.07, 6.45) is 0.900. The maximum absolute atomic E-state index is 10.1. The molecule has 0 aromatic carbocycles. The first-order valence-electron chi connectivity index (χ1n) is 3.96. The zero-order chi connectivity index (χ0) is 10.1. The van der Waals surface area contributed by atoms with E-state index in [9.17, 15) is 9.90 Å². The summed E-state index contributed by atoms with van der Waals surface area (Å²) >= 11 is 0. The summed E-state index contributed by atoms with van der Waals surface area (Å²) in [4.78, 5) is 10.1. The van der Waals surface area contributed by atoms with Gasteiger partial charge in [-0.3, -0.25) is 4.79 Å². The first-order valence-corrected chi connectivity index (χ1v) is 3.96. The Bertz CT molecular complexity index is 160. The van der Waals surface area contributed by atoms with Gasteiger partial charge in [-0.1, -0.05) is 6.08 Å². The van der Waals surface area contributed by atoms with Crippen molar-refractivity contribution in [2.45, 2.75) is 6.10 Å². The summed E-state index contributed by atoms with van der Waals surface area (Å²) in [5, 5.41) is 20.0. The number of aliphatic carboxylic acids is 1. The summed E-state index contributed by atoms with van der Waals surface area (Å²) in [6, 6.07) is 0. The summed E-state index contributed by atoms with van der Waals surface area (Å²) < 4.78 is 4.95. The quantitative estimate of drug-likeness (QED) is 0.345. The number of aliphatic hydroxyl groups is 1. The van der Waals surface area contributed by atoms with Crippen LogP contribution in [-0.2, 0) is 9.53 Å². The predicted molar refractivity (Wildman–Crippen MR) is 47.5 cm³/mol. The molecule has 0 spiro atoms. The largest absolute Gasteiger partial charge is 0.480 e. The van der Waals surface area contributed by atoms with Crippen LogP contribution in [0.15, 0.2) is 12.7 Å². The van der Waals surface area contributed by atoms with Crippen LogP contribution in [0.4, 0.5) is 0 Å². The van der Waals surface area contributed by atoms with Gasteiger partial charge < -0.3 is 20.3 Å². The fourth-order valence-corrected chi connectivity index (χ4v) is 0.692. The summed E-state index contributed by atoms with van der Waals surface area (Å²) in [5.41, 5.74) is 0. The van der Waals surface area contributed by atoms with Crippen molar-refractivity contribution in [2.75, 3.05) is 26.3 Å². The Morgan fingerprint density at radius 3 is 2.92 bits per heavy atom. The molecule has 76 valence electrons. The van der Waals surface area contributed by atoms with Crippen molar-refractivity contribution in [3.8, 4) is 0 Å². The Labute approximate surface area is 77.0 Å². The summed E-state index contributed by atoms with van der Waals surface area (Å²) in [5.74, 6) is -0.945. The SMILES string of the molecule is C=CCOCC(O)CNCC(=O)O. The van der Waals surface area contributed by atoms with E-state index in [1.165, 1.54) is 0 Å². The number of aliphatic hydroxyl groups excluding tert-OH is 1. The first kappa shape index (κ1) is 12.1. The van der Waals surface area contributed by atoms with Gasteiger partial charge >= 0.3 is 5.97 Å². The molecule has 0 amide bonds. The third kappa shape index (κ3) is 9.00. The van der Waals surface area contributed by atoms with Gasteiger partial charge in [0, 0.05) is 6.54 Å². The molecule has 0 saturated carbocycles. The molecule has 0 bridgehead atoms. The molecule has 0 aliphatic carbocycles. The Balaban J connectivity index is 3.24. The molecule has 0 radical (unpaired) electrons. The fourth-order valence-electron chi connectivity index (χ4n) is 0.692. The normalized spacial score (nSPS) is 12.4. The third-order valence-electron chi connectivity index (χ3n) is 1.20. The van der Waals surface area contributed by atoms with Crippen LogP contribution >= 0.6 is 0 Å². The van der Waals surface area contributed by atoms with E-state index >= 15 is 0 Å². The van der Waals surface area contributed by atoms with Crippen LogP contribution in [0.3, 0.4) is 0 Å². The highest BCUT2D eigenvalue weighted by molar-refractivity contribution is 5.68. The van der Waals surface area contributed by atoms with E-state index in [0.29, 0.717) is 6.61 Å². The van der Waals surface area contributed by atoms with E-state index in [4.69, 9.17) is 9.84 Å². The maximum Gasteiger partial charge on any atom is 0.317 e. The Hall–Kier alpha value is -0.910. The molecule has 0 aliphatic rings. The average Bonchev–Trinajstić information content (AvgIpc) is 2.04. The average molecular weight is 189 g/mol. The third-order valence-corrected chi connectivity index (χ3v) is 1.20. The predicted octanol–water partition coefficient (Wildman–Crippen LogP) is -0.776. The van der Waals surface area contributed by atoms with E-state index in [2.05, 4.69) is 11.9 Å². The molecular weight excluding hydrogens is 174 g/mol. The number of carboxylic acids is 1. The van der Waals surface area contributed by atoms with E-state index in [1.807, 2.05) is 0 Å². The minimum Gasteiger partial charge on any atom is -0.480 e. The number of carbonyl (C=O) groups is 1. The van der Waals surface area contributed by atoms with E-state index in [0.717, 1.165) is 0 Å². The second-order valence-electron chi connectivity index (χ2n) is 2.50. The fraction of sp³-hybridized carbons (Fsp3) is 0.625. The molecular formula is C8H15NO4. The minimum atomic E-state index is -0.945. The highest BCUT2D eigenvalue weighted by Crippen LogP contribution is 1.83. The number of hydrogen-bond acceptors (Lipinski definition) is 4. The first-order chi connectivity index (χ1) is 6.16. The van der Waals surface area contributed by atoms with Gasteiger partial charge in [0.25, 0.3) is 0 Å². The van der Waals surface area contributed by atoms with E-state index in [1.54, 1.807) is 6.08 Å². The van der Waals surface area contributed by atoms with Crippen LogP contribution in [0, 0.1) is 0 Å². The molecule has 0 aliphatic heterocycles. The van der Waals surface area contributed by atoms with Crippen molar-refractivity contribution in [1.82, 2.24) is 5.32 Å². The highest BCUT2D eigenvalue weighted by Gasteiger charge is 2.03. The van der Waals surface area contributed by atoms with Gasteiger partial charge in [0.2, 0.25) is 0 Å². The van der Waals surface area contributed by atoms with E-state index < -0.39 is 12.1 Å². The Morgan fingerprint density at radius 2 is 2.38 bits per heavy atom. The molecule has 5 nitrogen and oxygen atoms in total. The van der Waals surface area contributed by atoms with Crippen molar-refractivity contribution < 1.29 is 19.7 Å². The molecule has 0 heterocycles. The topological polar surface area (TPSA) is 78.8 Å². The molecule has 1 atom stereocenters. The van der Waals surface area contributed by atoms with Crippen molar-refractivity contribution in [3.05, 3.63) is 12.7 Å². The maximum atomic E-state index is 10.1. The minimum absolute atomic E-state index is 0.154. The molecule has 0 aromatic rings. The van der Waals surface area contributed by atoms with Gasteiger partial charge in [-0.2, -0.15) is 0 Å². The number of ether oxygens (including phenoxy) is 1. The lowest BCUT2D eigenvalue weighted by atomic mass is 10.4. The molecule has 0 fully saturated rings. The Morgan fingerprint density at radius 1 is 1.69 bits per heavy atom. The number of rotatable bonds is 8. The summed E-state index contributed by atoms with van der Waals surface area (Å²) in [7, 11) is 0. The number of hydrogen-bond donors (Lipinski definition) is 3. The molecule has 0 aromatic heterocycles. The van der Waals surface area contributed by atoms with E-state index in [-0.39, 0.29) is 19.7 Å². The van der Waals surface area contributed by atoms with Crippen molar-refractivity contribution in [3.63, 3.8) is 0 Å². The summed E-state index contributed by atoms with van der Waals surface area (Å²) in [6.45, 7) is 4.06. The van der Waals surface area contributed by atoms with Gasteiger partial charge in [-0.15, -0.1) is 6.58 Å². The molecule has 13 heavy (non-hydrogen) atoms. The van der Waals surface area contributed by atoms with Crippen LogP contribution in [0.25, 0.3) is 0 Å². The molecule has 1 unspecified atom stereocenters. The van der Waals surface area contributed by atoms with Gasteiger partial charge in [-0.05, 0) is 0 Å². The highest BCUT2D eigenvalue weighted by atomic mass is 16.5. The number of nitrogens with one attached hydrogen (secondary N) is 1. The molecule has 0 rings (SSSR count). The van der Waals surface area contributed by atoms with Gasteiger partial charge in [-0.25, -0.2) is 0 Å². The lowest BCUT2D eigenvalue weighted by Gasteiger charge is -2.09. The smallest absolute Gasteiger partial charge is 0.317 e. The molecule has 5 heteroatoms. The molecule has 3 N–H and O–H groups in total. The zero-order valence-corrected chi connectivity index (χ0v) is 7.40. The van der Waals surface area contributed by atoms with Gasteiger partial charge in [0.05, 0.1) is 25.9 Å². The zero-order valence-electron chi connectivity index (χ0n) is 7.40. The standard InChI is InChI=1S/C8H15NO4/c1-2-3-13-6-7(10)4-9-5-8(11)12/h2,7,9-10H,1,3-6H2,(H,11,12). The van der Waals surface area contributed by atoms with Crippen LogP contribution in [0.5, 0.6) is 0 Å². The van der Waals surface area contributed by atoms with Crippen molar-refractivity contribution in [1.29, 1.82) is 0 Å². The molecule has 0 saturated heterocycles. The van der Waals surface area contributed by atoms with Crippen LogP contribution in [0.1, 0.15) is 0 Å². The van der Waals surface area contributed by atoms with Crippen molar-refractivity contribution >= 4 is 5.97 Å². The van der Waals surface area contributed by atoms with Crippen LogP contribution < -0.4 is 5.32 Å². The van der Waals surface area contributed by atoms with Gasteiger partial charge in [0.1, 0.15) is 0 Å². The van der Waals surface area contributed by atoms with Crippen LogP contribution in [-0.4, -0.2) is 48.6 Å². The second-order valence-corrected chi connectivity index (χ2v) is 2.50. The van der Waals surface area contributed by atoms with Crippen LogP contribution in [0.2, 0.25) is 0 Å². The van der Waals surface area contributed by atoms with Crippen molar-refractivity contribution in [2.24, 2.45) is 0 Å². The number of carboxylic acid groups (broad SMARTS) is 1. The second kappa shape index (κ2) is 7.72. The van der Waals surface area contributed by atoms with Gasteiger partial charge in [0.15, 0.2) is 0 Å². The lowest BCUT2D eigenvalue weighted by molar-refractivity contribution is -0.136.